The van der Waals surface area contributed by atoms with Gasteiger partial charge in [0.25, 0.3) is 5.91 Å². The number of ketones is 1. The number of aliphatic hydroxyl groups is 1. The fourth-order valence-corrected chi connectivity index (χ4v) is 6.26. The van der Waals surface area contributed by atoms with E-state index < -0.39 is 18.3 Å². The van der Waals surface area contributed by atoms with Gasteiger partial charge < -0.3 is 25.0 Å². The Bertz CT molecular complexity index is 1240. The maximum atomic E-state index is 14.1. The fourth-order valence-electron chi connectivity index (χ4n) is 6.26. The van der Waals surface area contributed by atoms with Crippen molar-refractivity contribution in [2.24, 2.45) is 11.8 Å². The summed E-state index contributed by atoms with van der Waals surface area (Å²) in [4.78, 5) is 47.1. The molecule has 2 aromatic carbocycles. The summed E-state index contributed by atoms with van der Waals surface area (Å²) in [6.07, 6.45) is 1.91. The molecule has 240 valence electrons. The van der Waals surface area contributed by atoms with Crippen molar-refractivity contribution in [3.63, 3.8) is 0 Å². The van der Waals surface area contributed by atoms with Crippen molar-refractivity contribution in [2.75, 3.05) is 40.0 Å². The van der Waals surface area contributed by atoms with E-state index in [1.54, 1.807) is 36.4 Å². The first kappa shape index (κ1) is 33.8. The Hall–Kier alpha value is -3.11. The summed E-state index contributed by atoms with van der Waals surface area (Å²) in [7, 11) is 2.10. The van der Waals surface area contributed by atoms with Gasteiger partial charge in [0, 0.05) is 22.7 Å². The molecular formula is C35H50N4O5. The Morgan fingerprint density at radius 3 is 2.27 bits per heavy atom. The molecule has 0 bridgehead atoms. The second kappa shape index (κ2) is 15.8. The van der Waals surface area contributed by atoms with Crippen LogP contribution in [0.4, 0.5) is 0 Å². The summed E-state index contributed by atoms with van der Waals surface area (Å²) in [6, 6.07) is 15.4. The van der Waals surface area contributed by atoms with Crippen molar-refractivity contribution in [3.05, 3.63) is 71.3 Å². The van der Waals surface area contributed by atoms with Gasteiger partial charge in [0.1, 0.15) is 12.9 Å². The molecule has 2 aliphatic heterocycles. The van der Waals surface area contributed by atoms with Crippen LogP contribution in [0.2, 0.25) is 0 Å². The number of hydrogen-bond donors (Lipinski definition) is 2. The molecule has 0 aromatic heterocycles. The largest absolute Gasteiger partial charge is 0.391 e. The zero-order valence-electron chi connectivity index (χ0n) is 26.9. The van der Waals surface area contributed by atoms with Crippen LogP contribution in [0, 0.1) is 11.8 Å². The lowest BCUT2D eigenvalue weighted by molar-refractivity contribution is -0.159. The number of piperidine rings is 1. The standard InChI is InChI=1S/C35H50N4O5/c1-24(2)18-30(40)22-44-23-39-31(19-25(3)4)35(43)38(29-14-16-37(5)17-15-29)21-32(39)36-34(42)28-13-9-12-27(20-28)33(41)26-10-7-6-8-11-26/h6-13,20,24-25,29-32,40H,14-19,21-23H2,1-5H3,(H,36,42)/t30-,31+,32?/m1/s1. The highest BCUT2D eigenvalue weighted by molar-refractivity contribution is 6.10. The number of rotatable bonds is 13. The number of carbonyl (C=O) groups is 3. The Morgan fingerprint density at radius 1 is 0.955 bits per heavy atom. The SMILES string of the molecule is CC(C)C[C@@H](O)COCN1C(NC(=O)c2cccc(C(=O)c3ccccc3)c2)CN(C2CCN(C)CC2)C(=O)[C@@H]1CC(C)C. The molecular weight excluding hydrogens is 556 g/mol. The third-order valence-corrected chi connectivity index (χ3v) is 8.58. The van der Waals surface area contributed by atoms with Gasteiger partial charge in [-0.3, -0.25) is 14.4 Å². The predicted molar refractivity (Wildman–Crippen MR) is 171 cm³/mol. The summed E-state index contributed by atoms with van der Waals surface area (Å²) < 4.78 is 6.01. The van der Waals surface area contributed by atoms with E-state index in [-0.39, 0.29) is 42.9 Å². The molecule has 0 saturated carbocycles. The van der Waals surface area contributed by atoms with Gasteiger partial charge in [-0.05, 0) is 69.8 Å². The number of benzene rings is 2. The number of carbonyl (C=O) groups excluding carboxylic acids is 3. The van der Waals surface area contributed by atoms with Crippen LogP contribution >= 0.6 is 0 Å². The lowest BCUT2D eigenvalue weighted by atomic mass is 9.95. The molecule has 9 heteroatoms. The molecule has 44 heavy (non-hydrogen) atoms. The normalized spacial score (nSPS) is 21.2. The second-order valence-corrected chi connectivity index (χ2v) is 13.2. The van der Waals surface area contributed by atoms with E-state index in [9.17, 15) is 19.5 Å². The molecule has 4 rings (SSSR count). The molecule has 0 aliphatic carbocycles. The maximum Gasteiger partial charge on any atom is 0.252 e. The summed E-state index contributed by atoms with van der Waals surface area (Å²) in [6.45, 7) is 10.7. The summed E-state index contributed by atoms with van der Waals surface area (Å²) in [5.41, 5.74) is 1.37. The van der Waals surface area contributed by atoms with Crippen LogP contribution in [-0.2, 0) is 9.53 Å². The van der Waals surface area contributed by atoms with Gasteiger partial charge in [-0.1, -0.05) is 70.2 Å². The molecule has 0 radical (unpaired) electrons. The van der Waals surface area contributed by atoms with Crippen molar-refractivity contribution in [1.82, 2.24) is 20.0 Å². The molecule has 2 saturated heterocycles. The van der Waals surface area contributed by atoms with E-state index in [1.165, 1.54) is 0 Å². The molecule has 2 fully saturated rings. The van der Waals surface area contributed by atoms with Gasteiger partial charge in [-0.2, -0.15) is 0 Å². The Balaban J connectivity index is 1.58. The minimum absolute atomic E-state index is 0.0699. The Morgan fingerprint density at radius 2 is 1.61 bits per heavy atom. The lowest BCUT2D eigenvalue weighted by Gasteiger charge is -2.49. The zero-order valence-corrected chi connectivity index (χ0v) is 26.9. The van der Waals surface area contributed by atoms with Crippen molar-refractivity contribution >= 4 is 17.6 Å². The molecule has 2 heterocycles. The molecule has 2 N–H and O–H groups in total. The molecule has 2 aliphatic rings. The topological polar surface area (TPSA) is 102 Å². The molecule has 2 amide bonds. The first-order valence-corrected chi connectivity index (χ1v) is 16.0. The van der Waals surface area contributed by atoms with Gasteiger partial charge in [0.05, 0.1) is 25.3 Å². The van der Waals surface area contributed by atoms with Crippen molar-refractivity contribution in [3.8, 4) is 0 Å². The third-order valence-electron chi connectivity index (χ3n) is 8.58. The Kier molecular flexibility index (Phi) is 12.1. The van der Waals surface area contributed by atoms with Crippen molar-refractivity contribution < 1.29 is 24.2 Å². The molecule has 1 unspecified atom stereocenters. The molecule has 2 aromatic rings. The van der Waals surface area contributed by atoms with E-state index in [1.807, 2.05) is 28.0 Å². The first-order valence-electron chi connectivity index (χ1n) is 16.0. The average Bonchev–Trinajstić information content (AvgIpc) is 3.00. The van der Waals surface area contributed by atoms with E-state index in [0.717, 1.165) is 25.9 Å². The van der Waals surface area contributed by atoms with Crippen molar-refractivity contribution in [1.29, 1.82) is 0 Å². The second-order valence-electron chi connectivity index (χ2n) is 13.2. The van der Waals surface area contributed by atoms with Gasteiger partial charge >= 0.3 is 0 Å². The van der Waals surface area contributed by atoms with Crippen LogP contribution in [0.3, 0.4) is 0 Å². The number of nitrogens with one attached hydrogen (secondary N) is 1. The highest BCUT2D eigenvalue weighted by atomic mass is 16.5. The van der Waals surface area contributed by atoms with Crippen LogP contribution in [-0.4, -0.2) is 102 Å². The minimum Gasteiger partial charge on any atom is -0.391 e. The van der Waals surface area contributed by atoms with Crippen LogP contribution in [0.5, 0.6) is 0 Å². The zero-order chi connectivity index (χ0) is 31.8. The molecule has 9 nitrogen and oxygen atoms in total. The van der Waals surface area contributed by atoms with Crippen LogP contribution in [0.15, 0.2) is 54.6 Å². The number of likely N-dealkylation sites (tertiary alicyclic amines) is 1. The number of aliphatic hydroxyl groups excluding tert-OH is 1. The lowest BCUT2D eigenvalue weighted by Crippen LogP contribution is -2.69. The third kappa shape index (κ3) is 8.97. The van der Waals surface area contributed by atoms with E-state index in [0.29, 0.717) is 42.0 Å². The van der Waals surface area contributed by atoms with Gasteiger partial charge in [-0.15, -0.1) is 0 Å². The number of ether oxygens (including phenoxy) is 1. The predicted octanol–water partition coefficient (Wildman–Crippen LogP) is 4.01. The van der Waals surface area contributed by atoms with Crippen LogP contribution < -0.4 is 5.32 Å². The quantitative estimate of drug-likeness (QED) is 0.332. The minimum atomic E-state index is -0.604. The summed E-state index contributed by atoms with van der Waals surface area (Å²) >= 11 is 0. The van der Waals surface area contributed by atoms with Gasteiger partial charge in [0.15, 0.2) is 5.78 Å². The van der Waals surface area contributed by atoms with E-state index in [4.69, 9.17) is 4.74 Å². The van der Waals surface area contributed by atoms with Crippen LogP contribution in [0.1, 0.15) is 79.7 Å². The highest BCUT2D eigenvalue weighted by Gasteiger charge is 2.44. The smallest absolute Gasteiger partial charge is 0.252 e. The number of amides is 2. The van der Waals surface area contributed by atoms with Gasteiger partial charge in [0.2, 0.25) is 5.91 Å². The number of hydrogen-bond acceptors (Lipinski definition) is 7. The molecule has 0 spiro atoms. The van der Waals surface area contributed by atoms with E-state index in [2.05, 4.69) is 45.0 Å². The van der Waals surface area contributed by atoms with Crippen molar-refractivity contribution in [2.45, 2.75) is 77.7 Å². The summed E-state index contributed by atoms with van der Waals surface area (Å²) in [5, 5.41) is 13.6. The highest BCUT2D eigenvalue weighted by Crippen LogP contribution is 2.27. The molecule has 3 atom stereocenters. The average molecular weight is 607 g/mol. The number of piperazine rings is 1. The first-order chi connectivity index (χ1) is 21.0. The van der Waals surface area contributed by atoms with E-state index >= 15 is 0 Å². The maximum absolute atomic E-state index is 14.1. The van der Waals surface area contributed by atoms with Gasteiger partial charge in [-0.25, -0.2) is 4.90 Å². The number of nitrogens with zero attached hydrogens (tertiary/aromatic N) is 3. The fraction of sp³-hybridized carbons (Fsp3) is 0.571. The van der Waals surface area contributed by atoms with Crippen LogP contribution in [0.25, 0.3) is 0 Å². The summed E-state index contributed by atoms with van der Waals surface area (Å²) in [5.74, 6) is 0.180. The Labute approximate surface area is 262 Å². The monoisotopic (exact) mass is 606 g/mol.